The lowest BCUT2D eigenvalue weighted by molar-refractivity contribution is 0.795. The Hall–Kier alpha value is -2.80. The largest absolute Gasteiger partial charge is 0.363 e. The van der Waals surface area contributed by atoms with Gasteiger partial charge in [0.15, 0.2) is 0 Å². The van der Waals surface area contributed by atoms with Crippen LogP contribution in [0.5, 0.6) is 0 Å². The topological polar surface area (TPSA) is 68.5 Å². The maximum absolute atomic E-state index is 4.47. The van der Waals surface area contributed by atoms with Gasteiger partial charge in [-0.05, 0) is 49.9 Å². The molecule has 1 aliphatic carbocycles. The van der Waals surface area contributed by atoms with Crippen molar-refractivity contribution >= 4 is 27.4 Å². The monoisotopic (exact) mass is 390 g/mol. The fraction of sp³-hybridized carbons (Fsp3) is 0.333. The van der Waals surface area contributed by atoms with Crippen molar-refractivity contribution in [3.05, 3.63) is 59.0 Å². The molecular weight excluding hydrogens is 368 g/mol. The Morgan fingerprint density at radius 2 is 2.04 bits per heavy atom. The van der Waals surface area contributed by atoms with Crippen LogP contribution in [0.3, 0.4) is 0 Å². The molecule has 1 atom stereocenters. The molecule has 3 heterocycles. The summed E-state index contributed by atoms with van der Waals surface area (Å²) in [5, 5.41) is 13.2. The predicted octanol–water partition coefficient (Wildman–Crippen LogP) is 4.88. The van der Waals surface area contributed by atoms with Crippen molar-refractivity contribution in [2.24, 2.45) is 0 Å². The van der Waals surface area contributed by atoms with Crippen molar-refractivity contribution in [2.45, 2.75) is 45.1 Å². The Kier molecular flexibility index (Phi) is 4.31. The van der Waals surface area contributed by atoms with Crippen LogP contribution in [0.2, 0.25) is 0 Å². The van der Waals surface area contributed by atoms with Crippen LogP contribution in [0.4, 0.5) is 5.82 Å². The Bertz CT molecular complexity index is 1110. The first-order valence-electron chi connectivity index (χ1n) is 9.74. The molecule has 6 nitrogen and oxygen atoms in total. The van der Waals surface area contributed by atoms with Gasteiger partial charge in [0.1, 0.15) is 17.0 Å². The van der Waals surface area contributed by atoms with Gasteiger partial charge in [-0.1, -0.05) is 24.3 Å². The van der Waals surface area contributed by atoms with Gasteiger partial charge < -0.3 is 5.32 Å². The minimum atomic E-state index is 0.134. The van der Waals surface area contributed by atoms with Crippen molar-refractivity contribution in [2.75, 3.05) is 5.32 Å². The van der Waals surface area contributed by atoms with Gasteiger partial charge in [-0.25, -0.2) is 14.6 Å². The van der Waals surface area contributed by atoms with Gasteiger partial charge >= 0.3 is 0 Å². The highest BCUT2D eigenvalue weighted by atomic mass is 32.1. The summed E-state index contributed by atoms with van der Waals surface area (Å²) in [6.45, 7) is 4.31. The number of nitrogens with zero attached hydrogens (tertiary/aromatic N) is 5. The van der Waals surface area contributed by atoms with Crippen LogP contribution in [-0.2, 0) is 6.42 Å². The SMILES string of the molecule is CCc1cc2c(NC(C)c3ccc(-n4cc(C5CC5)nn4)cc3)ncnc2s1. The molecule has 1 aromatic carbocycles. The summed E-state index contributed by atoms with van der Waals surface area (Å²) in [5.74, 6) is 1.51. The highest BCUT2D eigenvalue weighted by Gasteiger charge is 2.26. The maximum Gasteiger partial charge on any atom is 0.138 e. The summed E-state index contributed by atoms with van der Waals surface area (Å²) in [6.07, 6.45) is 7.18. The first kappa shape index (κ1) is 17.3. The number of aromatic nitrogens is 5. The van der Waals surface area contributed by atoms with Crippen LogP contribution in [0, 0.1) is 0 Å². The van der Waals surface area contributed by atoms with Crippen molar-refractivity contribution in [1.29, 1.82) is 0 Å². The highest BCUT2D eigenvalue weighted by Crippen LogP contribution is 2.38. The molecule has 28 heavy (non-hydrogen) atoms. The molecule has 0 aliphatic heterocycles. The normalized spacial score (nSPS) is 15.1. The summed E-state index contributed by atoms with van der Waals surface area (Å²) in [7, 11) is 0. The molecule has 7 heteroatoms. The zero-order valence-electron chi connectivity index (χ0n) is 16.0. The van der Waals surface area contributed by atoms with Gasteiger partial charge in [-0.15, -0.1) is 16.4 Å². The molecule has 0 amide bonds. The second-order valence-electron chi connectivity index (χ2n) is 7.33. The molecule has 1 fully saturated rings. The minimum Gasteiger partial charge on any atom is -0.363 e. The van der Waals surface area contributed by atoms with Crippen LogP contribution in [0.1, 0.15) is 54.8 Å². The van der Waals surface area contributed by atoms with Gasteiger partial charge in [-0.2, -0.15) is 0 Å². The Labute approximate surface area is 167 Å². The standard InChI is InChI=1S/C21H22N6S/c1-3-17-10-18-20(22-12-23-21(18)28-17)24-13(2)14-6-8-16(9-7-14)27-11-19(25-26-27)15-4-5-15/h6-13,15H,3-5H2,1-2H3,(H,22,23,24). The van der Waals surface area contributed by atoms with E-state index in [0.29, 0.717) is 5.92 Å². The average Bonchev–Trinajstić information content (AvgIpc) is 3.29. The number of thiophene rings is 1. The zero-order chi connectivity index (χ0) is 19.1. The third-order valence-electron chi connectivity index (χ3n) is 5.25. The van der Waals surface area contributed by atoms with E-state index in [1.165, 1.54) is 23.3 Å². The molecule has 3 aromatic heterocycles. The number of hydrogen-bond donors (Lipinski definition) is 1. The Morgan fingerprint density at radius 1 is 1.21 bits per heavy atom. The molecule has 0 saturated heterocycles. The molecule has 1 unspecified atom stereocenters. The lowest BCUT2D eigenvalue weighted by Gasteiger charge is -2.16. The second-order valence-corrected chi connectivity index (χ2v) is 8.44. The summed E-state index contributed by atoms with van der Waals surface area (Å²) >= 11 is 1.74. The number of benzene rings is 1. The smallest absolute Gasteiger partial charge is 0.138 e. The molecule has 142 valence electrons. The summed E-state index contributed by atoms with van der Waals surface area (Å²) < 4.78 is 1.86. The van der Waals surface area contributed by atoms with Crippen molar-refractivity contribution in [1.82, 2.24) is 25.0 Å². The summed E-state index contributed by atoms with van der Waals surface area (Å²) in [4.78, 5) is 11.2. The van der Waals surface area contributed by atoms with Crippen LogP contribution < -0.4 is 5.32 Å². The van der Waals surface area contributed by atoms with E-state index in [-0.39, 0.29) is 6.04 Å². The van der Waals surface area contributed by atoms with Crippen LogP contribution in [-0.4, -0.2) is 25.0 Å². The van der Waals surface area contributed by atoms with E-state index in [2.05, 4.69) is 69.8 Å². The fourth-order valence-electron chi connectivity index (χ4n) is 3.37. The lowest BCUT2D eigenvalue weighted by atomic mass is 10.1. The molecule has 0 radical (unpaired) electrons. The molecule has 5 rings (SSSR count). The highest BCUT2D eigenvalue weighted by molar-refractivity contribution is 7.18. The predicted molar refractivity (Wildman–Crippen MR) is 112 cm³/mol. The zero-order valence-corrected chi connectivity index (χ0v) is 16.8. The third-order valence-corrected chi connectivity index (χ3v) is 6.43. The molecule has 0 bridgehead atoms. The number of aryl methyl sites for hydroxylation is 1. The van der Waals surface area contributed by atoms with E-state index in [1.807, 2.05) is 10.9 Å². The van der Waals surface area contributed by atoms with Crippen LogP contribution >= 0.6 is 11.3 Å². The number of hydrogen-bond acceptors (Lipinski definition) is 6. The average molecular weight is 391 g/mol. The van der Waals surface area contributed by atoms with Gasteiger partial charge in [0.05, 0.1) is 23.0 Å². The lowest BCUT2D eigenvalue weighted by Crippen LogP contribution is -2.08. The van der Waals surface area contributed by atoms with Crippen LogP contribution in [0.25, 0.3) is 15.9 Å². The molecule has 1 N–H and O–H groups in total. The van der Waals surface area contributed by atoms with Gasteiger partial charge in [0.25, 0.3) is 0 Å². The number of fused-ring (bicyclic) bond motifs is 1. The van der Waals surface area contributed by atoms with Crippen molar-refractivity contribution in [3.8, 4) is 5.69 Å². The van der Waals surface area contributed by atoms with Gasteiger partial charge in [-0.3, -0.25) is 0 Å². The number of anilines is 1. The maximum atomic E-state index is 4.47. The fourth-order valence-corrected chi connectivity index (χ4v) is 4.30. The van der Waals surface area contributed by atoms with E-state index in [1.54, 1.807) is 17.7 Å². The Balaban J connectivity index is 1.35. The molecule has 1 saturated carbocycles. The van der Waals surface area contributed by atoms with E-state index < -0.39 is 0 Å². The second kappa shape index (κ2) is 6.98. The molecule has 1 aliphatic rings. The molecule has 0 spiro atoms. The van der Waals surface area contributed by atoms with E-state index >= 15 is 0 Å². The third kappa shape index (κ3) is 3.26. The quantitative estimate of drug-likeness (QED) is 0.508. The number of rotatable bonds is 6. The molecular formula is C21H22N6S. The van der Waals surface area contributed by atoms with Gasteiger partial charge in [0, 0.05) is 16.8 Å². The van der Waals surface area contributed by atoms with Gasteiger partial charge in [0.2, 0.25) is 0 Å². The minimum absolute atomic E-state index is 0.134. The van der Waals surface area contributed by atoms with E-state index in [9.17, 15) is 0 Å². The Morgan fingerprint density at radius 3 is 2.79 bits per heavy atom. The van der Waals surface area contributed by atoms with Crippen molar-refractivity contribution < 1.29 is 0 Å². The van der Waals surface area contributed by atoms with E-state index in [0.717, 1.165) is 33.8 Å². The van der Waals surface area contributed by atoms with Crippen LogP contribution in [0.15, 0.2) is 42.9 Å². The van der Waals surface area contributed by atoms with Crippen molar-refractivity contribution in [3.63, 3.8) is 0 Å². The summed E-state index contributed by atoms with van der Waals surface area (Å²) in [5.41, 5.74) is 3.34. The van der Waals surface area contributed by atoms with E-state index in [4.69, 9.17) is 0 Å². The molecule has 4 aromatic rings. The number of nitrogens with one attached hydrogen (secondary N) is 1. The first-order valence-corrected chi connectivity index (χ1v) is 10.6. The first-order chi connectivity index (χ1) is 13.7. The summed E-state index contributed by atoms with van der Waals surface area (Å²) in [6, 6.07) is 10.8.